The van der Waals surface area contributed by atoms with E-state index in [9.17, 15) is 4.79 Å². The second-order valence-electron chi connectivity index (χ2n) is 5.74. The lowest BCUT2D eigenvalue weighted by Crippen LogP contribution is -2.36. The molecule has 2 nitrogen and oxygen atoms in total. The fourth-order valence-electron chi connectivity index (χ4n) is 2.71. The number of amides is 1. The van der Waals surface area contributed by atoms with Crippen LogP contribution in [0.5, 0.6) is 0 Å². The zero-order valence-corrected chi connectivity index (χ0v) is 12.1. The zero-order valence-electron chi connectivity index (χ0n) is 12.1. The van der Waals surface area contributed by atoms with Gasteiger partial charge in [0.25, 0.3) is 5.91 Å². The van der Waals surface area contributed by atoms with Crippen LogP contribution in [0.25, 0.3) is 0 Å². The number of benzene rings is 1. The van der Waals surface area contributed by atoms with E-state index in [2.05, 4.69) is 31.3 Å². The van der Waals surface area contributed by atoms with Crippen molar-refractivity contribution in [2.45, 2.75) is 64.3 Å². The molecular formula is C17H25NO. The molecule has 19 heavy (non-hydrogen) atoms. The molecule has 0 bridgehead atoms. The predicted molar refractivity (Wildman–Crippen MR) is 79.5 cm³/mol. The molecule has 0 aliphatic heterocycles. The summed E-state index contributed by atoms with van der Waals surface area (Å²) in [5, 5.41) is 3.16. The second-order valence-corrected chi connectivity index (χ2v) is 5.74. The number of hydrogen-bond acceptors (Lipinski definition) is 1. The molecule has 0 radical (unpaired) electrons. The highest BCUT2D eigenvalue weighted by molar-refractivity contribution is 5.94. The van der Waals surface area contributed by atoms with Gasteiger partial charge in [0.05, 0.1) is 0 Å². The van der Waals surface area contributed by atoms with Crippen molar-refractivity contribution < 1.29 is 4.79 Å². The van der Waals surface area contributed by atoms with Crippen LogP contribution in [0.2, 0.25) is 0 Å². The van der Waals surface area contributed by atoms with E-state index in [0.717, 1.165) is 24.8 Å². The lowest BCUT2D eigenvalue weighted by Gasteiger charge is -2.22. The standard InChI is InChI=1S/C17H25NO/c1-3-13(2)14-9-11-15(12-10-14)17(19)18-16-7-5-4-6-8-16/h9-13,16H,3-8H2,1-2H3,(H,18,19). The van der Waals surface area contributed by atoms with Crippen molar-refractivity contribution in [1.29, 1.82) is 0 Å². The van der Waals surface area contributed by atoms with Gasteiger partial charge in [-0.3, -0.25) is 4.79 Å². The smallest absolute Gasteiger partial charge is 0.251 e. The van der Waals surface area contributed by atoms with Gasteiger partial charge in [-0.2, -0.15) is 0 Å². The first-order chi connectivity index (χ1) is 9.20. The fourth-order valence-corrected chi connectivity index (χ4v) is 2.71. The molecule has 1 aromatic carbocycles. The van der Waals surface area contributed by atoms with Crippen LogP contribution < -0.4 is 5.32 Å². The second kappa shape index (κ2) is 6.74. The van der Waals surface area contributed by atoms with Gasteiger partial charge in [0.15, 0.2) is 0 Å². The van der Waals surface area contributed by atoms with Gasteiger partial charge < -0.3 is 5.32 Å². The SMILES string of the molecule is CCC(C)c1ccc(C(=O)NC2CCCCC2)cc1. The van der Waals surface area contributed by atoms with E-state index in [1.165, 1.54) is 24.8 Å². The Morgan fingerprint density at radius 3 is 2.42 bits per heavy atom. The summed E-state index contributed by atoms with van der Waals surface area (Å²) in [7, 11) is 0. The summed E-state index contributed by atoms with van der Waals surface area (Å²) in [4.78, 5) is 12.2. The zero-order chi connectivity index (χ0) is 13.7. The van der Waals surface area contributed by atoms with E-state index in [1.54, 1.807) is 0 Å². The molecule has 1 saturated carbocycles. The first-order valence-corrected chi connectivity index (χ1v) is 7.61. The van der Waals surface area contributed by atoms with Crippen LogP contribution in [-0.4, -0.2) is 11.9 Å². The van der Waals surface area contributed by atoms with E-state index in [-0.39, 0.29) is 5.91 Å². The topological polar surface area (TPSA) is 29.1 Å². The van der Waals surface area contributed by atoms with Gasteiger partial charge in [-0.15, -0.1) is 0 Å². The molecule has 1 aliphatic rings. The summed E-state index contributed by atoms with van der Waals surface area (Å²) >= 11 is 0. The highest BCUT2D eigenvalue weighted by atomic mass is 16.1. The first-order valence-electron chi connectivity index (χ1n) is 7.61. The Kier molecular flexibility index (Phi) is 5.00. The average Bonchev–Trinajstić information content (AvgIpc) is 2.47. The number of carbonyl (C=O) groups excluding carboxylic acids is 1. The van der Waals surface area contributed by atoms with Crippen molar-refractivity contribution in [2.75, 3.05) is 0 Å². The molecule has 2 rings (SSSR count). The Labute approximate surface area is 116 Å². The van der Waals surface area contributed by atoms with Crippen molar-refractivity contribution in [3.63, 3.8) is 0 Å². The third-order valence-electron chi connectivity index (χ3n) is 4.29. The van der Waals surface area contributed by atoms with E-state index < -0.39 is 0 Å². The van der Waals surface area contributed by atoms with Gasteiger partial charge in [0.1, 0.15) is 0 Å². The van der Waals surface area contributed by atoms with Crippen LogP contribution in [0.1, 0.15) is 74.2 Å². The summed E-state index contributed by atoms with van der Waals surface area (Å²) in [5.41, 5.74) is 2.11. The molecule has 0 heterocycles. The Balaban J connectivity index is 1.95. The van der Waals surface area contributed by atoms with Gasteiger partial charge >= 0.3 is 0 Å². The molecule has 0 saturated heterocycles. The third-order valence-corrected chi connectivity index (χ3v) is 4.29. The van der Waals surface area contributed by atoms with Gasteiger partial charge in [-0.25, -0.2) is 0 Å². The maximum Gasteiger partial charge on any atom is 0.251 e. The van der Waals surface area contributed by atoms with Crippen LogP contribution in [0.15, 0.2) is 24.3 Å². The summed E-state index contributed by atoms with van der Waals surface area (Å²) < 4.78 is 0. The summed E-state index contributed by atoms with van der Waals surface area (Å²) in [6, 6.07) is 8.48. The van der Waals surface area contributed by atoms with Crippen LogP contribution >= 0.6 is 0 Å². The molecule has 2 heteroatoms. The molecule has 104 valence electrons. The van der Waals surface area contributed by atoms with Gasteiger partial charge in [-0.1, -0.05) is 45.2 Å². The van der Waals surface area contributed by atoms with Crippen LogP contribution in [0.4, 0.5) is 0 Å². The van der Waals surface area contributed by atoms with Gasteiger partial charge in [-0.05, 0) is 42.9 Å². The number of carbonyl (C=O) groups is 1. The summed E-state index contributed by atoms with van der Waals surface area (Å²) in [6.07, 6.45) is 7.22. The summed E-state index contributed by atoms with van der Waals surface area (Å²) in [6.45, 7) is 4.41. The van der Waals surface area contributed by atoms with Gasteiger partial charge in [0, 0.05) is 11.6 Å². The molecule has 0 spiro atoms. The molecule has 1 amide bonds. The Morgan fingerprint density at radius 2 is 1.84 bits per heavy atom. The minimum atomic E-state index is 0.0857. The van der Waals surface area contributed by atoms with Crippen LogP contribution in [0, 0.1) is 0 Å². The van der Waals surface area contributed by atoms with Crippen molar-refractivity contribution in [3.8, 4) is 0 Å². The third kappa shape index (κ3) is 3.82. The largest absolute Gasteiger partial charge is 0.349 e. The highest BCUT2D eigenvalue weighted by Gasteiger charge is 2.16. The molecule has 1 N–H and O–H groups in total. The normalized spacial score (nSPS) is 18.0. The summed E-state index contributed by atoms with van der Waals surface area (Å²) in [5.74, 6) is 0.651. The predicted octanol–water partition coefficient (Wildman–Crippen LogP) is 4.26. The molecule has 1 atom stereocenters. The molecular weight excluding hydrogens is 234 g/mol. The molecule has 1 unspecified atom stereocenters. The Morgan fingerprint density at radius 1 is 1.21 bits per heavy atom. The van der Waals surface area contributed by atoms with Crippen LogP contribution in [-0.2, 0) is 0 Å². The Hall–Kier alpha value is -1.31. The Bertz CT molecular complexity index is 404. The monoisotopic (exact) mass is 259 g/mol. The number of rotatable bonds is 4. The van der Waals surface area contributed by atoms with Crippen molar-refractivity contribution >= 4 is 5.91 Å². The first kappa shape index (κ1) is 14.1. The van der Waals surface area contributed by atoms with Gasteiger partial charge in [0.2, 0.25) is 0 Å². The number of hydrogen-bond donors (Lipinski definition) is 1. The quantitative estimate of drug-likeness (QED) is 0.860. The van der Waals surface area contributed by atoms with Crippen LogP contribution in [0.3, 0.4) is 0 Å². The van der Waals surface area contributed by atoms with Crippen molar-refractivity contribution in [1.82, 2.24) is 5.32 Å². The maximum atomic E-state index is 12.2. The average molecular weight is 259 g/mol. The minimum absolute atomic E-state index is 0.0857. The minimum Gasteiger partial charge on any atom is -0.349 e. The maximum absolute atomic E-state index is 12.2. The fraction of sp³-hybridized carbons (Fsp3) is 0.588. The van der Waals surface area contributed by atoms with E-state index in [1.807, 2.05) is 12.1 Å². The van der Waals surface area contributed by atoms with Crippen molar-refractivity contribution in [3.05, 3.63) is 35.4 Å². The van der Waals surface area contributed by atoms with Crippen molar-refractivity contribution in [2.24, 2.45) is 0 Å². The lowest BCUT2D eigenvalue weighted by molar-refractivity contribution is 0.0927. The lowest BCUT2D eigenvalue weighted by atomic mass is 9.95. The van der Waals surface area contributed by atoms with E-state index in [0.29, 0.717) is 12.0 Å². The molecule has 1 fully saturated rings. The van der Waals surface area contributed by atoms with E-state index in [4.69, 9.17) is 0 Å². The molecule has 1 aromatic rings. The number of nitrogens with one attached hydrogen (secondary N) is 1. The molecule has 1 aliphatic carbocycles. The van der Waals surface area contributed by atoms with E-state index >= 15 is 0 Å². The highest BCUT2D eigenvalue weighted by Crippen LogP contribution is 2.20. The molecule has 0 aromatic heterocycles.